The molecule has 0 N–H and O–H groups in total. The molecule has 2 aliphatic heterocycles. The number of halogens is 2. The fourth-order valence-electron chi connectivity index (χ4n) is 6.48. The first-order chi connectivity index (χ1) is 16.4. The predicted octanol–water partition coefficient (Wildman–Crippen LogP) is 5.31. The van der Waals surface area contributed by atoms with Gasteiger partial charge in [0, 0.05) is 16.8 Å². The van der Waals surface area contributed by atoms with Crippen LogP contribution in [0, 0.1) is 18.6 Å². The lowest BCUT2D eigenvalue weighted by Gasteiger charge is -2.46. The van der Waals surface area contributed by atoms with Crippen LogP contribution in [0.5, 0.6) is 0 Å². The molecule has 34 heavy (non-hydrogen) atoms. The normalized spacial score (nSPS) is 16.3. The monoisotopic (exact) mass is 447 g/mol. The van der Waals surface area contributed by atoms with Gasteiger partial charge in [0.25, 0.3) is 0 Å². The second-order valence-corrected chi connectivity index (χ2v) is 10.5. The summed E-state index contributed by atoms with van der Waals surface area (Å²) in [4.78, 5) is 1.85. The van der Waals surface area contributed by atoms with E-state index in [0.717, 1.165) is 35.2 Å². The zero-order valence-corrected chi connectivity index (χ0v) is 19.5. The largest absolute Gasteiger partial charge is 0.306 e. The van der Waals surface area contributed by atoms with E-state index in [1.165, 1.54) is 51.4 Å². The number of hydrogen-bond acceptors (Lipinski definition) is 1. The average Bonchev–Trinajstić information content (AvgIpc) is 2.79. The summed E-state index contributed by atoms with van der Waals surface area (Å²) in [6, 6.07) is 21.7. The summed E-state index contributed by atoms with van der Waals surface area (Å²) in [6.07, 6.45) is 2.07. The van der Waals surface area contributed by atoms with E-state index in [2.05, 4.69) is 69.3 Å². The van der Waals surface area contributed by atoms with Crippen LogP contribution in [0.4, 0.5) is 25.8 Å². The number of fused-ring (bicyclic) bond motifs is 5. The van der Waals surface area contributed by atoms with Gasteiger partial charge < -0.3 is 4.90 Å². The highest BCUT2D eigenvalue weighted by atomic mass is 19.1. The summed E-state index contributed by atoms with van der Waals surface area (Å²) >= 11 is 0. The number of aryl methyl sites for hydroxylation is 3. The molecule has 7 rings (SSSR count). The molecule has 166 valence electrons. The zero-order valence-electron chi connectivity index (χ0n) is 19.5. The summed E-state index contributed by atoms with van der Waals surface area (Å²) in [6.45, 7) is 6.64. The maximum Gasteiger partial charge on any atom is 0.247 e. The lowest BCUT2D eigenvalue weighted by Crippen LogP contribution is -2.64. The number of nitrogens with zero attached hydrogens (tertiary/aromatic N) is 1. The fourth-order valence-corrected chi connectivity index (χ4v) is 6.48. The maximum absolute atomic E-state index is 15.3. The van der Waals surface area contributed by atoms with Crippen LogP contribution in [0.3, 0.4) is 0 Å². The molecule has 0 amide bonds. The van der Waals surface area contributed by atoms with E-state index in [1.54, 1.807) is 0 Å². The Bertz CT molecular complexity index is 1520. The molecular formula is C30H24BF2N. The van der Waals surface area contributed by atoms with E-state index < -0.39 is 11.6 Å². The smallest absolute Gasteiger partial charge is 0.247 e. The predicted molar refractivity (Wildman–Crippen MR) is 136 cm³/mol. The van der Waals surface area contributed by atoms with Crippen LogP contribution in [0.15, 0.2) is 66.7 Å². The zero-order chi connectivity index (χ0) is 23.4. The highest BCUT2D eigenvalue weighted by Gasteiger charge is 2.47. The quantitative estimate of drug-likeness (QED) is 0.315. The highest BCUT2D eigenvalue weighted by Crippen LogP contribution is 2.45. The minimum absolute atomic E-state index is 0.00550. The van der Waals surface area contributed by atoms with Crippen molar-refractivity contribution in [2.24, 2.45) is 0 Å². The molecule has 0 aromatic heterocycles. The van der Waals surface area contributed by atoms with Crippen molar-refractivity contribution in [3.63, 3.8) is 0 Å². The average molecular weight is 447 g/mol. The van der Waals surface area contributed by atoms with Gasteiger partial charge in [-0.05, 0) is 82.8 Å². The molecule has 0 saturated carbocycles. The molecule has 0 fully saturated rings. The van der Waals surface area contributed by atoms with Crippen molar-refractivity contribution in [1.29, 1.82) is 0 Å². The van der Waals surface area contributed by atoms with Crippen LogP contribution in [0.25, 0.3) is 0 Å². The molecule has 0 unspecified atom stereocenters. The first-order valence-electron chi connectivity index (χ1n) is 12.0. The minimum Gasteiger partial charge on any atom is -0.306 e. The third-order valence-electron chi connectivity index (χ3n) is 8.18. The first kappa shape index (κ1) is 20.0. The molecule has 0 radical (unpaired) electrons. The van der Waals surface area contributed by atoms with Gasteiger partial charge in [-0.3, -0.25) is 0 Å². The second kappa shape index (κ2) is 6.60. The molecule has 0 saturated heterocycles. The third-order valence-corrected chi connectivity index (χ3v) is 8.18. The Morgan fingerprint density at radius 1 is 0.765 bits per heavy atom. The lowest BCUT2D eigenvalue weighted by molar-refractivity contribution is 0.585. The Hall–Kier alpha value is -3.40. The molecule has 0 atom stereocenters. The molecule has 0 bridgehead atoms. The maximum atomic E-state index is 15.3. The van der Waals surface area contributed by atoms with E-state index in [4.69, 9.17) is 0 Å². The van der Waals surface area contributed by atoms with Gasteiger partial charge in [-0.25, -0.2) is 8.78 Å². The van der Waals surface area contributed by atoms with Gasteiger partial charge in [-0.1, -0.05) is 61.8 Å². The van der Waals surface area contributed by atoms with Crippen molar-refractivity contribution in [2.75, 3.05) is 4.90 Å². The Kier molecular flexibility index (Phi) is 3.88. The summed E-state index contributed by atoms with van der Waals surface area (Å²) < 4.78 is 30.6. The topological polar surface area (TPSA) is 3.24 Å². The summed E-state index contributed by atoms with van der Waals surface area (Å²) in [5.74, 6) is -1.09. The number of para-hydroxylation sites is 1. The van der Waals surface area contributed by atoms with Gasteiger partial charge >= 0.3 is 0 Å². The highest BCUT2D eigenvalue weighted by molar-refractivity contribution is 6.99. The van der Waals surface area contributed by atoms with Crippen LogP contribution < -0.4 is 21.3 Å². The van der Waals surface area contributed by atoms with E-state index in [-0.39, 0.29) is 17.8 Å². The van der Waals surface area contributed by atoms with Crippen LogP contribution in [0.2, 0.25) is 0 Å². The summed E-state index contributed by atoms with van der Waals surface area (Å²) in [5, 5.41) is 0. The molecule has 2 heterocycles. The Balaban J connectivity index is 1.65. The molecule has 3 aliphatic rings. The minimum atomic E-state index is -0.544. The van der Waals surface area contributed by atoms with Crippen molar-refractivity contribution < 1.29 is 8.78 Å². The molecule has 4 aromatic rings. The van der Waals surface area contributed by atoms with Gasteiger partial charge in [0.05, 0.1) is 0 Å². The number of hydrogen-bond donors (Lipinski definition) is 0. The number of benzene rings is 4. The molecular weight excluding hydrogens is 423 g/mol. The van der Waals surface area contributed by atoms with Gasteiger partial charge in [-0.2, -0.15) is 0 Å². The fraction of sp³-hybridized carbons (Fsp3) is 0.200. The molecule has 1 nitrogen and oxygen atoms in total. The van der Waals surface area contributed by atoms with E-state index >= 15 is 8.78 Å². The summed E-state index contributed by atoms with van der Waals surface area (Å²) in [5.41, 5.74) is 11.5. The molecule has 1 aliphatic carbocycles. The van der Waals surface area contributed by atoms with Crippen LogP contribution in [-0.2, 0) is 18.3 Å². The first-order valence-corrected chi connectivity index (χ1v) is 12.0. The lowest BCUT2D eigenvalue weighted by atomic mass is 9.30. The van der Waals surface area contributed by atoms with Crippen molar-refractivity contribution >= 4 is 40.2 Å². The molecule has 4 heteroatoms. The van der Waals surface area contributed by atoms with Gasteiger partial charge in [0.2, 0.25) is 6.71 Å². The van der Waals surface area contributed by atoms with Crippen molar-refractivity contribution in [1.82, 2.24) is 0 Å². The SMILES string of the molecule is Cc1cc2c3c(c1)C(C)(C)c1ccccc1B3c1cc3c(cc1N2c1c(F)cccc1F)CC3. The standard InChI is InChI=1S/C30H24BF2N/c1-17-13-21-28-27(14-17)34(29-24(32)9-6-10-25(29)33)26-16-19-12-11-18(19)15-23(26)31(28)22-8-5-4-7-20(22)30(21,2)3/h4-10,13-16H,11-12H2,1-3H3. The third kappa shape index (κ3) is 2.44. The number of anilines is 3. The van der Waals surface area contributed by atoms with Crippen LogP contribution >= 0.6 is 0 Å². The van der Waals surface area contributed by atoms with Crippen molar-refractivity contribution in [3.8, 4) is 0 Å². The Labute approximate surface area is 199 Å². The van der Waals surface area contributed by atoms with Crippen molar-refractivity contribution in [2.45, 2.75) is 39.0 Å². The summed E-state index contributed by atoms with van der Waals surface area (Å²) in [7, 11) is 0. The second-order valence-electron chi connectivity index (χ2n) is 10.5. The number of rotatable bonds is 1. The van der Waals surface area contributed by atoms with Gasteiger partial charge in [-0.15, -0.1) is 0 Å². The van der Waals surface area contributed by atoms with E-state index in [1.807, 2.05) is 4.90 Å². The Morgan fingerprint density at radius 2 is 1.47 bits per heavy atom. The van der Waals surface area contributed by atoms with Gasteiger partial charge in [0.15, 0.2) is 0 Å². The van der Waals surface area contributed by atoms with E-state index in [9.17, 15) is 0 Å². The van der Waals surface area contributed by atoms with Crippen LogP contribution in [0.1, 0.15) is 41.7 Å². The molecule has 4 aromatic carbocycles. The van der Waals surface area contributed by atoms with Crippen LogP contribution in [-0.4, -0.2) is 6.71 Å². The Morgan fingerprint density at radius 3 is 2.21 bits per heavy atom. The van der Waals surface area contributed by atoms with Crippen molar-refractivity contribution in [3.05, 3.63) is 106 Å². The molecule has 0 spiro atoms. The van der Waals surface area contributed by atoms with Gasteiger partial charge in [0.1, 0.15) is 17.3 Å². The van der Waals surface area contributed by atoms with E-state index in [0.29, 0.717) is 0 Å².